The predicted molar refractivity (Wildman–Crippen MR) is 69.6 cm³/mol. The molecule has 1 unspecified atom stereocenters. The molecule has 96 valence electrons. The smallest absolute Gasteiger partial charge is 0.119 e. The van der Waals surface area contributed by atoms with Crippen LogP contribution in [0.5, 0.6) is 0 Å². The van der Waals surface area contributed by atoms with Gasteiger partial charge in [-0.05, 0) is 32.0 Å². The summed E-state index contributed by atoms with van der Waals surface area (Å²) in [5, 5.41) is 14.4. The van der Waals surface area contributed by atoms with E-state index in [1.807, 2.05) is 44.2 Å². The monoisotopic (exact) mass is 246 g/mol. The number of nitrogens with zero attached hydrogens (tertiary/aromatic N) is 2. The molecular formula is C14H18N2O2. The first-order valence-corrected chi connectivity index (χ1v) is 6.07. The Morgan fingerprint density at radius 1 is 1.22 bits per heavy atom. The maximum Gasteiger partial charge on any atom is 0.119 e. The zero-order valence-corrected chi connectivity index (χ0v) is 10.7. The summed E-state index contributed by atoms with van der Waals surface area (Å²) >= 11 is 0. The van der Waals surface area contributed by atoms with Gasteiger partial charge in [0.05, 0.1) is 24.1 Å². The fourth-order valence-electron chi connectivity index (χ4n) is 1.72. The van der Waals surface area contributed by atoms with Gasteiger partial charge in [-0.3, -0.25) is 0 Å². The van der Waals surface area contributed by atoms with Crippen molar-refractivity contribution in [2.45, 2.75) is 26.1 Å². The minimum Gasteiger partial charge on any atom is -0.384 e. The Hall–Kier alpha value is -1.65. The van der Waals surface area contributed by atoms with Crippen LogP contribution in [0.4, 0.5) is 0 Å². The molecule has 1 aromatic carbocycles. The summed E-state index contributed by atoms with van der Waals surface area (Å²) in [5.74, 6) is 0. The second-order valence-electron chi connectivity index (χ2n) is 4.40. The van der Waals surface area contributed by atoms with Gasteiger partial charge in [0, 0.05) is 6.20 Å². The van der Waals surface area contributed by atoms with Crippen LogP contribution in [0.2, 0.25) is 0 Å². The van der Waals surface area contributed by atoms with E-state index in [-0.39, 0.29) is 12.7 Å². The molecule has 2 aromatic rings. The van der Waals surface area contributed by atoms with Crippen molar-refractivity contribution in [1.29, 1.82) is 0 Å². The molecule has 0 amide bonds. The Balaban J connectivity index is 2.17. The summed E-state index contributed by atoms with van der Waals surface area (Å²) in [6.07, 6.45) is 1.11. The number of hydrogen-bond donors (Lipinski definition) is 1. The average molecular weight is 246 g/mol. The van der Waals surface area contributed by atoms with Gasteiger partial charge in [-0.2, -0.15) is 5.10 Å². The summed E-state index contributed by atoms with van der Waals surface area (Å²) in [6, 6.07) is 11.5. The van der Waals surface area contributed by atoms with Crippen LogP contribution in [-0.2, 0) is 4.74 Å². The number of benzene rings is 1. The Labute approximate surface area is 107 Å². The number of rotatable bonds is 5. The third kappa shape index (κ3) is 2.97. The molecule has 18 heavy (non-hydrogen) atoms. The number of aromatic nitrogens is 2. The second kappa shape index (κ2) is 5.80. The molecule has 4 heteroatoms. The quantitative estimate of drug-likeness (QED) is 0.880. The maximum atomic E-state index is 10.1. The molecule has 0 spiro atoms. The molecule has 1 heterocycles. The van der Waals surface area contributed by atoms with Gasteiger partial charge in [-0.15, -0.1) is 0 Å². The van der Waals surface area contributed by atoms with Gasteiger partial charge in [0.2, 0.25) is 0 Å². The summed E-state index contributed by atoms with van der Waals surface area (Å²) in [5.41, 5.74) is 1.67. The molecule has 1 N–H and O–H groups in total. The fourth-order valence-corrected chi connectivity index (χ4v) is 1.72. The fraction of sp³-hybridized carbons (Fsp3) is 0.357. The predicted octanol–water partition coefficient (Wildman–Crippen LogP) is 2.33. The standard InChI is InChI=1S/C14H18N2O2/c1-11(2)18-10-14(17)13-8-9-15-16(13)12-6-4-3-5-7-12/h3-9,11,14,17H,10H2,1-2H3. The number of aliphatic hydroxyl groups is 1. The van der Waals surface area contributed by atoms with Crippen molar-refractivity contribution in [3.63, 3.8) is 0 Å². The molecule has 0 aliphatic rings. The average Bonchev–Trinajstić information content (AvgIpc) is 2.86. The molecule has 0 aliphatic carbocycles. The lowest BCUT2D eigenvalue weighted by Crippen LogP contribution is -2.15. The lowest BCUT2D eigenvalue weighted by atomic mass is 10.2. The number of hydrogen-bond acceptors (Lipinski definition) is 3. The molecule has 4 nitrogen and oxygen atoms in total. The summed E-state index contributed by atoms with van der Waals surface area (Å²) in [6.45, 7) is 4.17. The number of ether oxygens (including phenoxy) is 1. The van der Waals surface area contributed by atoms with E-state index in [0.717, 1.165) is 11.4 Å². The first-order chi connectivity index (χ1) is 8.68. The summed E-state index contributed by atoms with van der Waals surface area (Å²) in [4.78, 5) is 0. The third-order valence-corrected chi connectivity index (χ3v) is 2.60. The molecule has 0 saturated heterocycles. The zero-order valence-electron chi connectivity index (χ0n) is 10.7. The lowest BCUT2D eigenvalue weighted by molar-refractivity contribution is 0.00236. The van der Waals surface area contributed by atoms with Crippen molar-refractivity contribution in [3.8, 4) is 5.69 Å². The topological polar surface area (TPSA) is 47.3 Å². The molecule has 0 aliphatic heterocycles. The molecule has 1 aromatic heterocycles. The van der Waals surface area contributed by atoms with E-state index in [0.29, 0.717) is 0 Å². The Morgan fingerprint density at radius 2 is 1.94 bits per heavy atom. The molecule has 2 rings (SSSR count). The van der Waals surface area contributed by atoms with Crippen molar-refractivity contribution in [3.05, 3.63) is 48.3 Å². The van der Waals surface area contributed by atoms with Crippen LogP contribution in [0.3, 0.4) is 0 Å². The summed E-state index contributed by atoms with van der Waals surface area (Å²) < 4.78 is 7.16. The van der Waals surface area contributed by atoms with E-state index in [1.165, 1.54) is 0 Å². The minimum atomic E-state index is -0.671. The van der Waals surface area contributed by atoms with Crippen LogP contribution in [0.25, 0.3) is 5.69 Å². The van der Waals surface area contributed by atoms with Crippen molar-refractivity contribution in [1.82, 2.24) is 9.78 Å². The van der Waals surface area contributed by atoms with Gasteiger partial charge in [0.1, 0.15) is 6.10 Å². The lowest BCUT2D eigenvalue weighted by Gasteiger charge is -2.15. The van der Waals surface area contributed by atoms with Crippen LogP contribution < -0.4 is 0 Å². The molecule has 1 atom stereocenters. The molecule has 0 radical (unpaired) electrons. The molecule has 0 fully saturated rings. The van der Waals surface area contributed by atoms with Gasteiger partial charge >= 0.3 is 0 Å². The highest BCUT2D eigenvalue weighted by atomic mass is 16.5. The van der Waals surface area contributed by atoms with Gasteiger partial charge in [0.15, 0.2) is 0 Å². The van der Waals surface area contributed by atoms with Crippen LogP contribution in [-0.4, -0.2) is 27.6 Å². The van der Waals surface area contributed by atoms with Gasteiger partial charge in [-0.25, -0.2) is 4.68 Å². The van der Waals surface area contributed by atoms with Gasteiger partial charge < -0.3 is 9.84 Å². The number of aliphatic hydroxyl groups excluding tert-OH is 1. The zero-order chi connectivity index (χ0) is 13.0. The first-order valence-electron chi connectivity index (χ1n) is 6.07. The molecule has 0 bridgehead atoms. The Morgan fingerprint density at radius 3 is 2.61 bits per heavy atom. The Bertz CT molecular complexity index is 480. The van der Waals surface area contributed by atoms with Gasteiger partial charge in [0.25, 0.3) is 0 Å². The molecule has 0 saturated carbocycles. The van der Waals surface area contributed by atoms with Crippen LogP contribution in [0.1, 0.15) is 25.6 Å². The highest BCUT2D eigenvalue weighted by molar-refractivity contribution is 5.32. The molecular weight excluding hydrogens is 228 g/mol. The SMILES string of the molecule is CC(C)OCC(O)c1ccnn1-c1ccccc1. The van der Waals surface area contributed by atoms with E-state index in [1.54, 1.807) is 16.9 Å². The van der Waals surface area contributed by atoms with Crippen molar-refractivity contribution >= 4 is 0 Å². The van der Waals surface area contributed by atoms with E-state index >= 15 is 0 Å². The van der Waals surface area contributed by atoms with E-state index in [4.69, 9.17) is 4.74 Å². The highest BCUT2D eigenvalue weighted by Gasteiger charge is 2.14. The maximum absolute atomic E-state index is 10.1. The van der Waals surface area contributed by atoms with Crippen LogP contribution in [0.15, 0.2) is 42.6 Å². The van der Waals surface area contributed by atoms with Crippen molar-refractivity contribution in [2.24, 2.45) is 0 Å². The second-order valence-corrected chi connectivity index (χ2v) is 4.40. The van der Waals surface area contributed by atoms with Crippen LogP contribution in [0, 0.1) is 0 Å². The largest absolute Gasteiger partial charge is 0.384 e. The summed E-state index contributed by atoms with van der Waals surface area (Å²) in [7, 11) is 0. The Kier molecular flexibility index (Phi) is 4.12. The van der Waals surface area contributed by atoms with Gasteiger partial charge in [-0.1, -0.05) is 18.2 Å². The highest BCUT2D eigenvalue weighted by Crippen LogP contribution is 2.17. The van der Waals surface area contributed by atoms with E-state index in [9.17, 15) is 5.11 Å². The van der Waals surface area contributed by atoms with Crippen molar-refractivity contribution in [2.75, 3.05) is 6.61 Å². The minimum absolute atomic E-state index is 0.104. The van der Waals surface area contributed by atoms with Crippen molar-refractivity contribution < 1.29 is 9.84 Å². The third-order valence-electron chi connectivity index (χ3n) is 2.60. The van der Waals surface area contributed by atoms with Crippen LogP contribution >= 0.6 is 0 Å². The normalized spacial score (nSPS) is 12.9. The first kappa shape index (κ1) is 12.8. The number of para-hydroxylation sites is 1. The van der Waals surface area contributed by atoms with E-state index < -0.39 is 6.10 Å². The van der Waals surface area contributed by atoms with E-state index in [2.05, 4.69) is 5.10 Å².